The molecule has 0 bridgehead atoms. The first kappa shape index (κ1) is 13.7. The molecular weight excluding hydrogens is 257 g/mol. The molecule has 1 amide bonds. The van der Waals surface area contributed by atoms with Crippen LogP contribution in [0.2, 0.25) is 0 Å². The average molecular weight is 269 g/mol. The molecule has 1 N–H and O–H groups in total. The number of halogens is 1. The molecule has 0 atom stereocenters. The summed E-state index contributed by atoms with van der Waals surface area (Å²) in [6, 6.07) is 7.89. The van der Waals surface area contributed by atoms with Gasteiger partial charge in [-0.05, 0) is 49.2 Å². The lowest BCUT2D eigenvalue weighted by atomic mass is 10.1. The van der Waals surface area contributed by atoms with Gasteiger partial charge in [-0.15, -0.1) is 0 Å². The highest BCUT2D eigenvalue weighted by Crippen LogP contribution is 2.15. The molecule has 0 radical (unpaired) electrons. The van der Waals surface area contributed by atoms with Crippen molar-refractivity contribution in [1.29, 1.82) is 5.26 Å². The number of benzene rings is 1. The molecule has 2 rings (SSSR count). The van der Waals surface area contributed by atoms with Crippen LogP contribution in [0.3, 0.4) is 0 Å². The number of rotatable bonds is 2. The molecule has 0 aliphatic carbocycles. The van der Waals surface area contributed by atoms with Crippen molar-refractivity contribution >= 4 is 11.6 Å². The van der Waals surface area contributed by atoms with E-state index in [-0.39, 0.29) is 11.5 Å². The Morgan fingerprint density at radius 2 is 2.05 bits per heavy atom. The molecule has 20 heavy (non-hydrogen) atoms. The highest BCUT2D eigenvalue weighted by molar-refractivity contribution is 6.03. The van der Waals surface area contributed by atoms with Gasteiger partial charge >= 0.3 is 0 Å². The zero-order valence-electron chi connectivity index (χ0n) is 11.1. The molecule has 2 aromatic rings. The van der Waals surface area contributed by atoms with Crippen molar-refractivity contribution in [3.8, 4) is 6.07 Å². The van der Waals surface area contributed by atoms with E-state index in [9.17, 15) is 9.18 Å². The number of nitrogens with one attached hydrogen (secondary N) is 1. The number of amides is 1. The number of hydrogen-bond acceptors (Lipinski definition) is 3. The number of carbonyl (C=O) groups is 1. The first-order chi connectivity index (χ1) is 9.51. The molecule has 1 aromatic heterocycles. The second kappa shape index (κ2) is 5.49. The Kier molecular flexibility index (Phi) is 3.76. The number of aromatic nitrogens is 1. The summed E-state index contributed by atoms with van der Waals surface area (Å²) < 4.78 is 13.2. The predicted octanol–water partition coefficient (Wildman–Crippen LogP) is 2.96. The summed E-state index contributed by atoms with van der Waals surface area (Å²) in [5, 5.41) is 11.4. The summed E-state index contributed by atoms with van der Waals surface area (Å²) in [5.74, 6) is -0.714. The average Bonchev–Trinajstić information content (AvgIpc) is 2.42. The van der Waals surface area contributed by atoms with E-state index >= 15 is 0 Å². The summed E-state index contributed by atoms with van der Waals surface area (Å²) in [6.45, 7) is 3.33. The third-order valence-electron chi connectivity index (χ3n) is 2.84. The fourth-order valence-electron chi connectivity index (χ4n) is 1.79. The number of anilines is 1. The van der Waals surface area contributed by atoms with Crippen LogP contribution in [0, 0.1) is 31.0 Å². The molecule has 0 fully saturated rings. The molecule has 0 aliphatic rings. The summed E-state index contributed by atoms with van der Waals surface area (Å²) >= 11 is 0. The van der Waals surface area contributed by atoms with Gasteiger partial charge in [0.15, 0.2) is 0 Å². The topological polar surface area (TPSA) is 65.8 Å². The number of nitriles is 1. The van der Waals surface area contributed by atoms with Crippen molar-refractivity contribution in [2.75, 3.05) is 5.32 Å². The Labute approximate surface area is 115 Å². The number of hydrogen-bond donors (Lipinski definition) is 1. The lowest BCUT2D eigenvalue weighted by Gasteiger charge is -2.08. The van der Waals surface area contributed by atoms with Gasteiger partial charge in [0.05, 0.1) is 5.56 Å². The van der Waals surface area contributed by atoms with Gasteiger partial charge in [-0.3, -0.25) is 4.79 Å². The number of nitrogens with zero attached hydrogens (tertiary/aromatic N) is 2. The minimum Gasteiger partial charge on any atom is -0.321 e. The fraction of sp³-hybridized carbons (Fsp3) is 0.133. The third kappa shape index (κ3) is 2.81. The molecule has 4 nitrogen and oxygen atoms in total. The standard InChI is InChI=1S/C15H12FN3O/c1-9-6-12(3-4-13(9)16)19-15(20)14-10(2)5-11(7-17)8-18-14/h3-6,8H,1-2H3,(H,19,20). The van der Waals surface area contributed by atoms with Gasteiger partial charge in [-0.25, -0.2) is 9.37 Å². The zero-order valence-corrected chi connectivity index (χ0v) is 11.1. The predicted molar refractivity (Wildman–Crippen MR) is 72.8 cm³/mol. The van der Waals surface area contributed by atoms with E-state index < -0.39 is 5.91 Å². The van der Waals surface area contributed by atoms with Crippen molar-refractivity contribution in [3.05, 3.63) is 58.7 Å². The minimum absolute atomic E-state index is 0.242. The normalized spacial score (nSPS) is 9.90. The first-order valence-electron chi connectivity index (χ1n) is 5.95. The van der Waals surface area contributed by atoms with Gasteiger partial charge in [0.1, 0.15) is 17.6 Å². The van der Waals surface area contributed by atoms with Crippen LogP contribution in [0.25, 0.3) is 0 Å². The smallest absolute Gasteiger partial charge is 0.274 e. The lowest BCUT2D eigenvalue weighted by molar-refractivity contribution is 0.102. The Bertz CT molecular complexity index is 720. The van der Waals surface area contributed by atoms with E-state index in [2.05, 4.69) is 10.3 Å². The van der Waals surface area contributed by atoms with Crippen molar-refractivity contribution in [2.24, 2.45) is 0 Å². The first-order valence-corrected chi connectivity index (χ1v) is 5.95. The van der Waals surface area contributed by atoms with Gasteiger partial charge in [-0.1, -0.05) is 0 Å². The van der Waals surface area contributed by atoms with Crippen molar-refractivity contribution in [2.45, 2.75) is 13.8 Å². The van der Waals surface area contributed by atoms with Crippen molar-refractivity contribution in [3.63, 3.8) is 0 Å². The Hall–Kier alpha value is -2.74. The molecule has 100 valence electrons. The molecule has 0 unspecified atom stereocenters. The van der Waals surface area contributed by atoms with Gasteiger partial charge < -0.3 is 5.32 Å². The van der Waals surface area contributed by atoms with Crippen LogP contribution in [0.5, 0.6) is 0 Å². The Balaban J connectivity index is 2.24. The van der Waals surface area contributed by atoms with Gasteiger partial charge in [0, 0.05) is 11.9 Å². The molecule has 5 heteroatoms. The van der Waals surface area contributed by atoms with Crippen LogP contribution in [0.4, 0.5) is 10.1 Å². The van der Waals surface area contributed by atoms with E-state index in [1.165, 1.54) is 18.3 Å². The van der Waals surface area contributed by atoms with Gasteiger partial charge in [0.25, 0.3) is 5.91 Å². The van der Waals surface area contributed by atoms with Gasteiger partial charge in [0.2, 0.25) is 0 Å². The minimum atomic E-state index is -0.391. The number of carbonyl (C=O) groups excluding carboxylic acids is 1. The molecule has 0 spiro atoms. The lowest BCUT2D eigenvalue weighted by Crippen LogP contribution is -2.15. The SMILES string of the molecule is Cc1cc(NC(=O)c2ncc(C#N)cc2C)ccc1F. The van der Waals surface area contributed by atoms with E-state index in [4.69, 9.17) is 5.26 Å². The van der Waals surface area contributed by atoms with Gasteiger partial charge in [-0.2, -0.15) is 5.26 Å². The van der Waals surface area contributed by atoms with Crippen LogP contribution in [-0.4, -0.2) is 10.9 Å². The second-order valence-corrected chi connectivity index (χ2v) is 4.42. The van der Waals surface area contributed by atoms with E-state index in [1.807, 2.05) is 6.07 Å². The largest absolute Gasteiger partial charge is 0.321 e. The molecule has 1 heterocycles. The van der Waals surface area contributed by atoms with Crippen LogP contribution in [0.1, 0.15) is 27.2 Å². The fourth-order valence-corrected chi connectivity index (χ4v) is 1.79. The molecule has 0 aliphatic heterocycles. The van der Waals surface area contributed by atoms with Crippen LogP contribution < -0.4 is 5.32 Å². The van der Waals surface area contributed by atoms with E-state index in [0.29, 0.717) is 22.4 Å². The maximum Gasteiger partial charge on any atom is 0.274 e. The second-order valence-electron chi connectivity index (χ2n) is 4.42. The summed E-state index contributed by atoms with van der Waals surface area (Å²) in [4.78, 5) is 16.1. The van der Waals surface area contributed by atoms with Crippen LogP contribution >= 0.6 is 0 Å². The highest BCUT2D eigenvalue weighted by atomic mass is 19.1. The Morgan fingerprint density at radius 3 is 2.65 bits per heavy atom. The van der Waals surface area contributed by atoms with Crippen LogP contribution in [-0.2, 0) is 0 Å². The van der Waals surface area contributed by atoms with E-state index in [1.54, 1.807) is 26.0 Å². The van der Waals surface area contributed by atoms with Crippen LogP contribution in [0.15, 0.2) is 30.5 Å². The summed E-state index contributed by atoms with van der Waals surface area (Å²) in [5.41, 5.74) is 2.20. The molecule has 0 saturated carbocycles. The quantitative estimate of drug-likeness (QED) is 0.911. The zero-order chi connectivity index (χ0) is 14.7. The highest BCUT2D eigenvalue weighted by Gasteiger charge is 2.12. The molecule has 1 aromatic carbocycles. The molecule has 0 saturated heterocycles. The Morgan fingerprint density at radius 1 is 1.30 bits per heavy atom. The molecular formula is C15H12FN3O. The maximum atomic E-state index is 13.2. The monoisotopic (exact) mass is 269 g/mol. The maximum absolute atomic E-state index is 13.2. The summed E-state index contributed by atoms with van der Waals surface area (Å²) in [7, 11) is 0. The number of pyridine rings is 1. The van der Waals surface area contributed by atoms with Crippen molar-refractivity contribution < 1.29 is 9.18 Å². The number of aryl methyl sites for hydroxylation is 2. The third-order valence-corrected chi connectivity index (χ3v) is 2.84. The van der Waals surface area contributed by atoms with Crippen molar-refractivity contribution in [1.82, 2.24) is 4.98 Å². The van der Waals surface area contributed by atoms with E-state index in [0.717, 1.165) is 0 Å². The summed E-state index contributed by atoms with van der Waals surface area (Å²) in [6.07, 6.45) is 1.35.